The molecule has 6 heteroatoms. The summed E-state index contributed by atoms with van der Waals surface area (Å²) in [6, 6.07) is 13.5. The number of benzene rings is 2. The molecule has 0 aliphatic heterocycles. The summed E-state index contributed by atoms with van der Waals surface area (Å²) in [5, 5.41) is 2.86. The summed E-state index contributed by atoms with van der Waals surface area (Å²) in [5.41, 5.74) is 1.29. The smallest absolute Gasteiger partial charge is 0.251 e. The summed E-state index contributed by atoms with van der Waals surface area (Å²) in [4.78, 5) is 12.4. The Balaban J connectivity index is 2.17. The second-order valence-electron chi connectivity index (χ2n) is 5.05. The van der Waals surface area contributed by atoms with E-state index in [0.29, 0.717) is 5.56 Å². The molecule has 2 rings (SSSR count). The topological polar surface area (TPSA) is 63.2 Å². The van der Waals surface area contributed by atoms with Gasteiger partial charge in [-0.1, -0.05) is 34.1 Å². The van der Waals surface area contributed by atoms with E-state index in [1.807, 2.05) is 31.2 Å². The highest BCUT2D eigenvalue weighted by Gasteiger charge is 2.14. The van der Waals surface area contributed by atoms with Gasteiger partial charge in [-0.05, 0) is 42.8 Å². The standard InChI is InChI=1S/C16H16BrNO3S/c1-11(12-6-8-14(17)9-7-12)18-16(19)13-4-3-5-15(10-13)22(2,20)21/h3-11H,1-2H3,(H,18,19)/t11-/m1/s1. The van der Waals surface area contributed by atoms with Crippen LogP contribution in [0, 0.1) is 0 Å². The molecule has 1 atom stereocenters. The van der Waals surface area contributed by atoms with Crippen molar-refractivity contribution in [2.75, 3.05) is 6.26 Å². The van der Waals surface area contributed by atoms with E-state index < -0.39 is 9.84 Å². The van der Waals surface area contributed by atoms with Crippen molar-refractivity contribution >= 4 is 31.7 Å². The maximum atomic E-state index is 12.3. The zero-order chi connectivity index (χ0) is 16.3. The van der Waals surface area contributed by atoms with Crippen LogP contribution in [-0.2, 0) is 9.84 Å². The SMILES string of the molecule is C[C@@H](NC(=O)c1cccc(S(C)(=O)=O)c1)c1ccc(Br)cc1. The first-order valence-corrected chi connectivity index (χ1v) is 9.32. The Bertz CT molecular complexity index is 785. The highest BCUT2D eigenvalue weighted by molar-refractivity contribution is 9.10. The normalized spacial score (nSPS) is 12.7. The fourth-order valence-electron chi connectivity index (χ4n) is 1.98. The summed E-state index contributed by atoms with van der Waals surface area (Å²) in [6.07, 6.45) is 1.12. The molecule has 0 unspecified atom stereocenters. The summed E-state index contributed by atoms with van der Waals surface area (Å²) in [5.74, 6) is -0.305. The van der Waals surface area contributed by atoms with Crippen molar-refractivity contribution in [3.63, 3.8) is 0 Å². The molecule has 1 N–H and O–H groups in total. The lowest BCUT2D eigenvalue weighted by molar-refractivity contribution is 0.0939. The van der Waals surface area contributed by atoms with Gasteiger partial charge in [0, 0.05) is 16.3 Å². The Hall–Kier alpha value is -1.66. The fourth-order valence-corrected chi connectivity index (χ4v) is 2.91. The van der Waals surface area contributed by atoms with Crippen molar-refractivity contribution in [1.29, 1.82) is 0 Å². The Kier molecular flexibility index (Phi) is 5.03. The number of halogens is 1. The van der Waals surface area contributed by atoms with Crippen LogP contribution in [0.25, 0.3) is 0 Å². The molecule has 0 fully saturated rings. The van der Waals surface area contributed by atoms with Crippen LogP contribution in [0.1, 0.15) is 28.9 Å². The third-order valence-electron chi connectivity index (χ3n) is 3.24. The van der Waals surface area contributed by atoms with E-state index in [4.69, 9.17) is 0 Å². The molecule has 0 aliphatic carbocycles. The lowest BCUT2D eigenvalue weighted by Gasteiger charge is -2.14. The van der Waals surface area contributed by atoms with Gasteiger partial charge in [-0.25, -0.2) is 8.42 Å². The molecule has 0 spiro atoms. The number of hydrogen-bond acceptors (Lipinski definition) is 3. The van der Waals surface area contributed by atoms with E-state index >= 15 is 0 Å². The van der Waals surface area contributed by atoms with Crippen LogP contribution >= 0.6 is 15.9 Å². The van der Waals surface area contributed by atoms with Crippen molar-refractivity contribution in [1.82, 2.24) is 5.32 Å². The van der Waals surface area contributed by atoms with Gasteiger partial charge in [-0.3, -0.25) is 4.79 Å². The molecule has 0 radical (unpaired) electrons. The summed E-state index contributed by atoms with van der Waals surface area (Å²) < 4.78 is 24.1. The van der Waals surface area contributed by atoms with Crippen LogP contribution in [0.3, 0.4) is 0 Å². The number of nitrogens with one attached hydrogen (secondary N) is 1. The van der Waals surface area contributed by atoms with Gasteiger partial charge >= 0.3 is 0 Å². The molecule has 4 nitrogen and oxygen atoms in total. The fraction of sp³-hybridized carbons (Fsp3) is 0.188. The molecular weight excluding hydrogens is 366 g/mol. The molecule has 0 saturated carbocycles. The number of carbonyl (C=O) groups is 1. The number of amides is 1. The van der Waals surface area contributed by atoms with Crippen LogP contribution in [0.5, 0.6) is 0 Å². The molecule has 0 saturated heterocycles. The minimum atomic E-state index is -3.33. The highest BCUT2D eigenvalue weighted by Crippen LogP contribution is 2.18. The van der Waals surface area contributed by atoms with Gasteiger partial charge in [0.1, 0.15) is 0 Å². The van der Waals surface area contributed by atoms with Crippen LogP contribution < -0.4 is 5.32 Å². The number of sulfone groups is 1. The van der Waals surface area contributed by atoms with E-state index in [9.17, 15) is 13.2 Å². The van der Waals surface area contributed by atoms with E-state index in [-0.39, 0.29) is 16.8 Å². The van der Waals surface area contributed by atoms with E-state index in [2.05, 4.69) is 21.2 Å². The molecule has 2 aromatic carbocycles. The van der Waals surface area contributed by atoms with Crippen molar-refractivity contribution in [3.8, 4) is 0 Å². The van der Waals surface area contributed by atoms with E-state index in [1.54, 1.807) is 12.1 Å². The maximum Gasteiger partial charge on any atom is 0.251 e. The number of hydrogen-bond donors (Lipinski definition) is 1. The third-order valence-corrected chi connectivity index (χ3v) is 4.88. The number of rotatable bonds is 4. The highest BCUT2D eigenvalue weighted by atomic mass is 79.9. The quantitative estimate of drug-likeness (QED) is 0.882. The minimum absolute atomic E-state index is 0.136. The molecule has 116 valence electrons. The first kappa shape index (κ1) is 16.7. The van der Waals surface area contributed by atoms with E-state index in [1.165, 1.54) is 12.1 Å². The third kappa shape index (κ3) is 4.18. The van der Waals surface area contributed by atoms with Crippen molar-refractivity contribution in [3.05, 3.63) is 64.1 Å². The Labute approximate surface area is 138 Å². The zero-order valence-corrected chi connectivity index (χ0v) is 14.6. The van der Waals surface area contributed by atoms with Crippen molar-refractivity contribution in [2.24, 2.45) is 0 Å². The largest absolute Gasteiger partial charge is 0.346 e. The number of carbonyl (C=O) groups excluding carboxylic acids is 1. The molecule has 2 aromatic rings. The lowest BCUT2D eigenvalue weighted by Crippen LogP contribution is -2.26. The average Bonchev–Trinajstić information content (AvgIpc) is 2.47. The lowest BCUT2D eigenvalue weighted by atomic mass is 10.1. The molecular formula is C16H16BrNO3S. The zero-order valence-electron chi connectivity index (χ0n) is 12.2. The first-order chi connectivity index (χ1) is 10.3. The average molecular weight is 382 g/mol. The first-order valence-electron chi connectivity index (χ1n) is 6.64. The summed E-state index contributed by atoms with van der Waals surface area (Å²) in [6.45, 7) is 1.88. The Morgan fingerprint density at radius 3 is 2.36 bits per heavy atom. The molecule has 0 heterocycles. The van der Waals surface area contributed by atoms with Crippen LogP contribution in [0.4, 0.5) is 0 Å². The second kappa shape index (κ2) is 6.62. The van der Waals surface area contributed by atoms with Crippen molar-refractivity contribution in [2.45, 2.75) is 17.9 Å². The van der Waals surface area contributed by atoms with Gasteiger partial charge in [0.25, 0.3) is 5.91 Å². The Morgan fingerprint density at radius 2 is 1.77 bits per heavy atom. The molecule has 0 bridgehead atoms. The van der Waals surface area contributed by atoms with Gasteiger partial charge in [0.2, 0.25) is 0 Å². The molecule has 22 heavy (non-hydrogen) atoms. The molecule has 0 aromatic heterocycles. The van der Waals surface area contributed by atoms with Gasteiger partial charge in [0.15, 0.2) is 9.84 Å². The van der Waals surface area contributed by atoms with Crippen LogP contribution in [-0.4, -0.2) is 20.6 Å². The maximum absolute atomic E-state index is 12.3. The van der Waals surface area contributed by atoms with Crippen molar-refractivity contribution < 1.29 is 13.2 Å². The second-order valence-corrected chi connectivity index (χ2v) is 7.98. The van der Waals surface area contributed by atoms with Gasteiger partial charge < -0.3 is 5.32 Å². The monoisotopic (exact) mass is 381 g/mol. The van der Waals surface area contributed by atoms with Crippen LogP contribution in [0.2, 0.25) is 0 Å². The van der Waals surface area contributed by atoms with E-state index in [0.717, 1.165) is 16.3 Å². The molecule has 0 aliphatic rings. The summed E-state index contributed by atoms with van der Waals surface area (Å²) in [7, 11) is -3.33. The summed E-state index contributed by atoms with van der Waals surface area (Å²) >= 11 is 3.36. The Morgan fingerprint density at radius 1 is 1.14 bits per heavy atom. The minimum Gasteiger partial charge on any atom is -0.346 e. The molecule has 1 amide bonds. The van der Waals surface area contributed by atoms with Gasteiger partial charge in [-0.2, -0.15) is 0 Å². The van der Waals surface area contributed by atoms with Gasteiger partial charge in [0.05, 0.1) is 10.9 Å². The predicted octanol–water partition coefficient (Wildman–Crippen LogP) is 3.34. The van der Waals surface area contributed by atoms with Crippen LogP contribution in [0.15, 0.2) is 57.9 Å². The predicted molar refractivity (Wildman–Crippen MR) is 89.6 cm³/mol. The van der Waals surface area contributed by atoms with Gasteiger partial charge in [-0.15, -0.1) is 0 Å².